The van der Waals surface area contributed by atoms with Crippen LogP contribution in [0.2, 0.25) is 0 Å². The van der Waals surface area contributed by atoms with Crippen molar-refractivity contribution in [2.45, 2.75) is 11.1 Å². The van der Waals surface area contributed by atoms with E-state index in [9.17, 15) is 26.4 Å². The molecule has 0 spiro atoms. The second-order valence-corrected chi connectivity index (χ2v) is 8.85. The minimum absolute atomic E-state index is 0.0725. The second-order valence-electron chi connectivity index (χ2n) is 6.99. The zero-order valence-electron chi connectivity index (χ0n) is 18.2. The van der Waals surface area contributed by atoms with E-state index in [4.69, 9.17) is 9.47 Å². The van der Waals surface area contributed by atoms with Crippen molar-refractivity contribution in [2.24, 2.45) is 0 Å². The number of hydrogen-bond acceptors (Lipinski definition) is 5. The van der Waals surface area contributed by atoms with Gasteiger partial charge in [0.1, 0.15) is 6.54 Å². The number of sulfonamides is 1. The Kier molecular flexibility index (Phi) is 7.35. The molecule has 7 nitrogen and oxygen atoms in total. The van der Waals surface area contributed by atoms with Crippen LogP contribution in [0.25, 0.3) is 0 Å². The fourth-order valence-electron chi connectivity index (χ4n) is 3.12. The van der Waals surface area contributed by atoms with E-state index < -0.39 is 34.2 Å². The lowest BCUT2D eigenvalue weighted by atomic mass is 10.2. The number of halogens is 3. The molecule has 0 aliphatic carbocycles. The Hall–Kier alpha value is -3.73. The highest BCUT2D eigenvalue weighted by Crippen LogP contribution is 2.34. The van der Waals surface area contributed by atoms with Crippen LogP contribution in [0.4, 0.5) is 24.5 Å². The number of alkyl halides is 3. The number of anilines is 2. The van der Waals surface area contributed by atoms with Crippen LogP contribution < -0.4 is 19.1 Å². The minimum atomic E-state index is -4.59. The van der Waals surface area contributed by atoms with Crippen LogP contribution in [0.1, 0.15) is 5.56 Å². The van der Waals surface area contributed by atoms with Crippen LogP contribution in [-0.4, -0.2) is 35.1 Å². The summed E-state index contributed by atoms with van der Waals surface area (Å²) in [6.07, 6.45) is -4.59. The average Bonchev–Trinajstić information content (AvgIpc) is 2.82. The Morgan fingerprint density at radius 1 is 0.912 bits per heavy atom. The molecule has 0 fully saturated rings. The SMILES string of the molecule is COc1ccc(N(CC(=O)Nc2cccc(C(F)(F)F)c2)S(=O)(=O)c2ccccc2)cc1OC. The van der Waals surface area contributed by atoms with Gasteiger partial charge in [0.05, 0.1) is 30.4 Å². The number of carbonyl (C=O) groups is 1. The van der Waals surface area contributed by atoms with E-state index in [1.54, 1.807) is 6.07 Å². The minimum Gasteiger partial charge on any atom is -0.493 e. The van der Waals surface area contributed by atoms with Crippen molar-refractivity contribution in [3.63, 3.8) is 0 Å². The third kappa shape index (κ3) is 5.60. The number of amides is 1. The van der Waals surface area contributed by atoms with Crippen LogP contribution in [-0.2, 0) is 21.0 Å². The molecule has 3 aromatic carbocycles. The number of nitrogens with one attached hydrogen (secondary N) is 1. The van der Waals surface area contributed by atoms with Crippen LogP contribution in [0.3, 0.4) is 0 Å². The van der Waals surface area contributed by atoms with E-state index in [0.29, 0.717) is 5.75 Å². The second kappa shape index (κ2) is 10.0. The predicted molar refractivity (Wildman–Crippen MR) is 121 cm³/mol. The Morgan fingerprint density at radius 3 is 2.21 bits per heavy atom. The summed E-state index contributed by atoms with van der Waals surface area (Å²) >= 11 is 0. The summed E-state index contributed by atoms with van der Waals surface area (Å²) in [7, 11) is -1.43. The predicted octanol–water partition coefficient (Wildman–Crippen LogP) is 4.56. The van der Waals surface area contributed by atoms with Crippen molar-refractivity contribution < 1.29 is 35.9 Å². The van der Waals surface area contributed by atoms with Gasteiger partial charge in [0.2, 0.25) is 5.91 Å². The first-order valence-electron chi connectivity index (χ1n) is 9.83. The molecule has 0 aliphatic rings. The smallest absolute Gasteiger partial charge is 0.416 e. The normalized spacial score (nSPS) is 11.6. The van der Waals surface area contributed by atoms with Crippen molar-refractivity contribution in [1.82, 2.24) is 0 Å². The molecular weight excluding hydrogens is 473 g/mol. The Bertz CT molecular complexity index is 1270. The van der Waals surface area contributed by atoms with E-state index in [-0.39, 0.29) is 22.0 Å². The molecule has 1 N–H and O–H groups in total. The molecule has 0 bridgehead atoms. The molecule has 11 heteroatoms. The van der Waals surface area contributed by atoms with Gasteiger partial charge in [-0.1, -0.05) is 24.3 Å². The number of rotatable bonds is 8. The van der Waals surface area contributed by atoms with E-state index in [1.165, 1.54) is 62.8 Å². The fraction of sp³-hybridized carbons (Fsp3) is 0.174. The maximum atomic E-state index is 13.4. The number of nitrogens with zero attached hydrogens (tertiary/aromatic N) is 1. The highest BCUT2D eigenvalue weighted by Gasteiger charge is 2.31. The van der Waals surface area contributed by atoms with E-state index in [1.807, 2.05) is 0 Å². The third-order valence-electron chi connectivity index (χ3n) is 4.75. The maximum Gasteiger partial charge on any atom is 0.416 e. The molecule has 1 amide bonds. The number of benzene rings is 3. The number of carbonyl (C=O) groups excluding carboxylic acids is 1. The van der Waals surface area contributed by atoms with Crippen LogP contribution in [0.5, 0.6) is 11.5 Å². The topological polar surface area (TPSA) is 84.9 Å². The van der Waals surface area contributed by atoms with E-state index in [2.05, 4.69) is 5.32 Å². The fourth-order valence-corrected chi connectivity index (χ4v) is 4.55. The maximum absolute atomic E-state index is 13.4. The molecule has 0 saturated carbocycles. The summed E-state index contributed by atoms with van der Waals surface area (Å²) in [4.78, 5) is 12.7. The summed E-state index contributed by atoms with van der Waals surface area (Å²) < 4.78 is 77.0. The van der Waals surface area contributed by atoms with Crippen molar-refractivity contribution >= 4 is 27.3 Å². The van der Waals surface area contributed by atoms with Gasteiger partial charge >= 0.3 is 6.18 Å². The Morgan fingerprint density at radius 2 is 1.59 bits per heavy atom. The van der Waals surface area contributed by atoms with Crippen LogP contribution >= 0.6 is 0 Å². The van der Waals surface area contributed by atoms with Crippen LogP contribution in [0.15, 0.2) is 77.7 Å². The van der Waals surface area contributed by atoms with Crippen molar-refractivity contribution in [3.8, 4) is 11.5 Å². The number of methoxy groups -OCH3 is 2. The first-order valence-corrected chi connectivity index (χ1v) is 11.3. The first kappa shape index (κ1) is 24.9. The molecule has 0 heterocycles. The van der Waals surface area contributed by atoms with Gasteiger partial charge in [-0.2, -0.15) is 13.2 Å². The van der Waals surface area contributed by atoms with Crippen molar-refractivity contribution in [3.05, 3.63) is 78.4 Å². The molecule has 3 rings (SSSR count). The summed E-state index contributed by atoms with van der Waals surface area (Å²) in [5.41, 5.74) is -0.969. The van der Waals surface area contributed by atoms with Gasteiger partial charge in [0.15, 0.2) is 11.5 Å². The highest BCUT2D eigenvalue weighted by molar-refractivity contribution is 7.92. The Balaban J connectivity index is 1.97. The van der Waals surface area contributed by atoms with Crippen LogP contribution in [0, 0.1) is 0 Å². The third-order valence-corrected chi connectivity index (χ3v) is 6.54. The zero-order valence-corrected chi connectivity index (χ0v) is 19.0. The monoisotopic (exact) mass is 494 g/mol. The van der Waals surface area contributed by atoms with Gasteiger partial charge in [-0.25, -0.2) is 8.42 Å². The van der Waals surface area contributed by atoms with Gasteiger partial charge in [-0.3, -0.25) is 9.10 Å². The highest BCUT2D eigenvalue weighted by atomic mass is 32.2. The van der Waals surface area contributed by atoms with Gasteiger partial charge < -0.3 is 14.8 Å². The molecule has 0 radical (unpaired) electrons. The number of hydrogen-bond donors (Lipinski definition) is 1. The quantitative estimate of drug-likeness (QED) is 0.497. The standard InChI is InChI=1S/C23H21F3N2O5S/c1-32-20-12-11-18(14-21(20)33-2)28(34(30,31)19-9-4-3-5-10-19)15-22(29)27-17-8-6-7-16(13-17)23(24,25)26/h3-14H,15H2,1-2H3,(H,27,29). The Labute approximate surface area is 194 Å². The first-order chi connectivity index (χ1) is 16.1. The summed E-state index contributed by atoms with van der Waals surface area (Å²) in [6, 6.07) is 15.8. The molecule has 0 aromatic heterocycles. The summed E-state index contributed by atoms with van der Waals surface area (Å²) in [5, 5.41) is 2.33. The molecule has 0 unspecified atom stereocenters. The van der Waals surface area contributed by atoms with Gasteiger partial charge in [-0.05, 0) is 42.5 Å². The lowest BCUT2D eigenvalue weighted by Gasteiger charge is -2.25. The largest absolute Gasteiger partial charge is 0.493 e. The molecule has 0 atom stereocenters. The molecular formula is C23H21F3N2O5S. The molecule has 3 aromatic rings. The molecule has 34 heavy (non-hydrogen) atoms. The van der Waals surface area contributed by atoms with Gasteiger partial charge in [0, 0.05) is 11.8 Å². The van der Waals surface area contributed by atoms with Gasteiger partial charge in [-0.15, -0.1) is 0 Å². The zero-order chi connectivity index (χ0) is 24.9. The lowest BCUT2D eigenvalue weighted by molar-refractivity contribution is -0.137. The van der Waals surface area contributed by atoms with E-state index >= 15 is 0 Å². The van der Waals surface area contributed by atoms with E-state index in [0.717, 1.165) is 22.5 Å². The van der Waals surface area contributed by atoms with Gasteiger partial charge in [0.25, 0.3) is 10.0 Å². The summed E-state index contributed by atoms with van der Waals surface area (Å²) in [6.45, 7) is -0.705. The molecule has 0 aliphatic heterocycles. The van der Waals surface area contributed by atoms with Crippen molar-refractivity contribution in [1.29, 1.82) is 0 Å². The number of ether oxygens (including phenoxy) is 2. The van der Waals surface area contributed by atoms with Crippen molar-refractivity contribution in [2.75, 3.05) is 30.4 Å². The molecule has 0 saturated heterocycles. The summed E-state index contributed by atoms with van der Waals surface area (Å²) in [5.74, 6) is -0.267. The lowest BCUT2D eigenvalue weighted by Crippen LogP contribution is -2.38. The average molecular weight is 494 g/mol. The molecule has 180 valence electrons.